The Labute approximate surface area is 137 Å². The zero-order chi connectivity index (χ0) is 15.6. The van der Waals surface area contributed by atoms with E-state index in [1.54, 1.807) is 0 Å². The Balaban J connectivity index is 3.13. The normalized spacial score (nSPS) is 11.1. The molecule has 0 N–H and O–H groups in total. The van der Waals surface area contributed by atoms with E-state index in [-0.39, 0.29) is 5.97 Å². The van der Waals surface area contributed by atoms with Crippen LogP contribution in [0.4, 0.5) is 0 Å². The molecule has 0 aromatic heterocycles. The molecule has 0 atom stereocenters. The molecule has 3 heteroatoms. The molecule has 21 heavy (non-hydrogen) atoms. The summed E-state index contributed by atoms with van der Waals surface area (Å²) in [5, 5.41) is 0. The van der Waals surface area contributed by atoms with Crippen molar-refractivity contribution in [1.82, 2.24) is 0 Å². The van der Waals surface area contributed by atoms with Gasteiger partial charge in [0, 0.05) is 12.2 Å². The van der Waals surface area contributed by atoms with E-state index in [0.29, 0.717) is 18.8 Å². The maximum Gasteiger partial charge on any atom is 0.305 e. The molecule has 2 nitrogen and oxygen atoms in total. The molecule has 0 aliphatic heterocycles. The molecule has 0 bridgehead atoms. The van der Waals surface area contributed by atoms with Gasteiger partial charge < -0.3 is 4.74 Å². The maximum atomic E-state index is 11.2. The SMILES string of the molecule is CCCCC/C=C/CCCCCCCCC(=O)OCCS. The fourth-order valence-corrected chi connectivity index (χ4v) is 2.31. The van der Waals surface area contributed by atoms with Gasteiger partial charge in [-0.05, 0) is 32.1 Å². The third-order valence-electron chi connectivity index (χ3n) is 3.50. The van der Waals surface area contributed by atoms with Crippen LogP contribution >= 0.6 is 12.6 Å². The molecule has 0 radical (unpaired) electrons. The first-order chi connectivity index (χ1) is 10.3. The highest BCUT2D eigenvalue weighted by Crippen LogP contribution is 2.10. The lowest BCUT2D eigenvalue weighted by Crippen LogP contribution is -2.06. The van der Waals surface area contributed by atoms with Gasteiger partial charge in [-0.3, -0.25) is 4.79 Å². The molecule has 0 saturated heterocycles. The second kappa shape index (κ2) is 17.6. The smallest absolute Gasteiger partial charge is 0.305 e. The fraction of sp³-hybridized carbons (Fsp3) is 0.833. The maximum absolute atomic E-state index is 11.2. The fourth-order valence-electron chi connectivity index (χ4n) is 2.22. The molecule has 0 unspecified atom stereocenters. The highest BCUT2D eigenvalue weighted by molar-refractivity contribution is 7.80. The molecule has 0 saturated carbocycles. The predicted molar refractivity (Wildman–Crippen MR) is 95.0 cm³/mol. The van der Waals surface area contributed by atoms with Crippen molar-refractivity contribution in [3.63, 3.8) is 0 Å². The molecule has 0 aliphatic carbocycles. The summed E-state index contributed by atoms with van der Waals surface area (Å²) >= 11 is 4.01. The standard InChI is InChI=1S/C18H34O2S/c1-2-3-4-5-6-7-8-9-10-11-12-13-14-15-18(19)20-16-17-21/h6-7,21H,2-5,8-17H2,1H3/b7-6+. The van der Waals surface area contributed by atoms with Crippen LogP contribution in [-0.4, -0.2) is 18.3 Å². The molecule has 0 amide bonds. The lowest BCUT2D eigenvalue weighted by molar-refractivity contribution is -0.143. The van der Waals surface area contributed by atoms with Gasteiger partial charge in [0.1, 0.15) is 6.61 Å². The van der Waals surface area contributed by atoms with Crippen molar-refractivity contribution in [3.05, 3.63) is 12.2 Å². The summed E-state index contributed by atoms with van der Waals surface area (Å²) in [4.78, 5) is 11.2. The topological polar surface area (TPSA) is 26.3 Å². The molecule has 0 rings (SSSR count). The van der Waals surface area contributed by atoms with E-state index in [4.69, 9.17) is 4.74 Å². The predicted octanol–water partition coefficient (Wildman–Crippen LogP) is 5.72. The van der Waals surface area contributed by atoms with Gasteiger partial charge in [0.15, 0.2) is 0 Å². The quantitative estimate of drug-likeness (QED) is 0.181. The van der Waals surface area contributed by atoms with E-state index >= 15 is 0 Å². The molecule has 0 spiro atoms. The molecule has 0 fully saturated rings. The van der Waals surface area contributed by atoms with Gasteiger partial charge in [0.2, 0.25) is 0 Å². The molecular weight excluding hydrogens is 280 g/mol. The number of rotatable bonds is 15. The Morgan fingerprint density at radius 2 is 1.48 bits per heavy atom. The van der Waals surface area contributed by atoms with E-state index < -0.39 is 0 Å². The van der Waals surface area contributed by atoms with Gasteiger partial charge in [-0.15, -0.1) is 0 Å². The van der Waals surface area contributed by atoms with Gasteiger partial charge in [-0.25, -0.2) is 0 Å². The first kappa shape index (κ1) is 20.6. The van der Waals surface area contributed by atoms with E-state index in [1.165, 1.54) is 57.8 Å². The zero-order valence-electron chi connectivity index (χ0n) is 13.8. The number of allylic oxidation sites excluding steroid dienone is 2. The highest BCUT2D eigenvalue weighted by Gasteiger charge is 2.01. The Hall–Kier alpha value is -0.440. The summed E-state index contributed by atoms with van der Waals surface area (Å²) in [6.45, 7) is 2.68. The van der Waals surface area contributed by atoms with Crippen molar-refractivity contribution in [1.29, 1.82) is 0 Å². The summed E-state index contributed by atoms with van der Waals surface area (Å²) < 4.78 is 4.98. The van der Waals surface area contributed by atoms with Crippen LogP contribution in [-0.2, 0) is 9.53 Å². The third kappa shape index (κ3) is 17.5. The Kier molecular flexibility index (Phi) is 17.2. The first-order valence-electron chi connectivity index (χ1n) is 8.72. The Morgan fingerprint density at radius 3 is 2.10 bits per heavy atom. The average Bonchev–Trinajstić information content (AvgIpc) is 2.49. The number of unbranched alkanes of at least 4 members (excludes halogenated alkanes) is 9. The summed E-state index contributed by atoms with van der Waals surface area (Å²) in [6, 6.07) is 0. The number of hydrogen-bond donors (Lipinski definition) is 1. The summed E-state index contributed by atoms with van der Waals surface area (Å²) in [5.41, 5.74) is 0. The molecule has 0 aliphatic rings. The third-order valence-corrected chi connectivity index (χ3v) is 3.68. The zero-order valence-corrected chi connectivity index (χ0v) is 14.7. The van der Waals surface area contributed by atoms with Crippen LogP contribution in [0.5, 0.6) is 0 Å². The second-order valence-electron chi connectivity index (χ2n) is 5.57. The van der Waals surface area contributed by atoms with Crippen LogP contribution in [0.1, 0.15) is 84.0 Å². The minimum absolute atomic E-state index is 0.0720. The monoisotopic (exact) mass is 314 g/mol. The van der Waals surface area contributed by atoms with Gasteiger partial charge >= 0.3 is 5.97 Å². The number of carbonyl (C=O) groups is 1. The van der Waals surface area contributed by atoms with Crippen molar-refractivity contribution in [2.45, 2.75) is 84.0 Å². The Bertz CT molecular complexity index is 252. The summed E-state index contributed by atoms with van der Waals surface area (Å²) in [7, 11) is 0. The van der Waals surface area contributed by atoms with Crippen LogP contribution in [0.15, 0.2) is 12.2 Å². The summed E-state index contributed by atoms with van der Waals surface area (Å²) in [5.74, 6) is 0.538. The lowest BCUT2D eigenvalue weighted by Gasteiger charge is -2.03. The van der Waals surface area contributed by atoms with Crippen LogP contribution in [0, 0.1) is 0 Å². The van der Waals surface area contributed by atoms with Crippen molar-refractivity contribution in [2.24, 2.45) is 0 Å². The largest absolute Gasteiger partial charge is 0.465 e. The molecular formula is C18H34O2S. The van der Waals surface area contributed by atoms with Crippen LogP contribution in [0.2, 0.25) is 0 Å². The van der Waals surface area contributed by atoms with Crippen molar-refractivity contribution < 1.29 is 9.53 Å². The molecule has 0 aromatic rings. The number of hydrogen-bond acceptors (Lipinski definition) is 3. The summed E-state index contributed by atoms with van der Waals surface area (Å²) in [6.07, 6.45) is 18.9. The van der Waals surface area contributed by atoms with Gasteiger partial charge in [-0.1, -0.05) is 57.6 Å². The number of ether oxygens (including phenoxy) is 1. The number of esters is 1. The van der Waals surface area contributed by atoms with Crippen LogP contribution in [0.3, 0.4) is 0 Å². The van der Waals surface area contributed by atoms with Crippen LogP contribution in [0.25, 0.3) is 0 Å². The Morgan fingerprint density at radius 1 is 0.905 bits per heavy atom. The van der Waals surface area contributed by atoms with Crippen molar-refractivity contribution in [2.75, 3.05) is 12.4 Å². The molecule has 0 heterocycles. The molecule has 124 valence electrons. The van der Waals surface area contributed by atoms with Crippen molar-refractivity contribution >= 4 is 18.6 Å². The average molecular weight is 315 g/mol. The lowest BCUT2D eigenvalue weighted by atomic mass is 10.1. The minimum Gasteiger partial charge on any atom is -0.465 e. The van der Waals surface area contributed by atoms with Crippen molar-refractivity contribution in [3.8, 4) is 0 Å². The van der Waals surface area contributed by atoms with Crippen LogP contribution < -0.4 is 0 Å². The number of thiol groups is 1. The van der Waals surface area contributed by atoms with Gasteiger partial charge in [0.25, 0.3) is 0 Å². The van der Waals surface area contributed by atoms with Gasteiger partial charge in [-0.2, -0.15) is 12.6 Å². The van der Waals surface area contributed by atoms with E-state index in [1.807, 2.05) is 0 Å². The number of carbonyl (C=O) groups excluding carboxylic acids is 1. The van der Waals surface area contributed by atoms with E-state index in [0.717, 1.165) is 12.8 Å². The molecule has 0 aromatic carbocycles. The van der Waals surface area contributed by atoms with E-state index in [2.05, 4.69) is 31.7 Å². The van der Waals surface area contributed by atoms with Gasteiger partial charge in [0.05, 0.1) is 0 Å². The van der Waals surface area contributed by atoms with E-state index in [9.17, 15) is 4.79 Å². The minimum atomic E-state index is -0.0720. The first-order valence-corrected chi connectivity index (χ1v) is 9.36. The highest BCUT2D eigenvalue weighted by atomic mass is 32.1. The second-order valence-corrected chi connectivity index (χ2v) is 6.02.